The number of carbonyl (C=O) groups excluding carboxylic acids is 2. The molecule has 10 heteroatoms. The monoisotopic (exact) mass is 375 g/mol. The zero-order valence-electron chi connectivity index (χ0n) is 13.6. The average molecular weight is 375 g/mol. The van der Waals surface area contributed by atoms with Gasteiger partial charge in [0.2, 0.25) is 10.0 Å². The number of carbonyl (C=O) groups is 2. The molecule has 2 N–H and O–H groups in total. The minimum atomic E-state index is -3.22. The summed E-state index contributed by atoms with van der Waals surface area (Å²) >= 11 is 0. The lowest BCUT2D eigenvalue weighted by molar-refractivity contribution is -0.136. The molecule has 0 saturated carbocycles. The third-order valence-corrected chi connectivity index (χ3v) is 5.28. The fourth-order valence-electron chi connectivity index (χ4n) is 2.53. The highest BCUT2D eigenvalue weighted by atomic mass is 32.2. The molecule has 0 atom stereocenters. The number of hydrogen-bond acceptors (Lipinski definition) is 4. The highest BCUT2D eigenvalue weighted by Crippen LogP contribution is 2.18. The fraction of sp³-hybridized carbons (Fsp3) is 0.467. The molecule has 0 aromatic heterocycles. The third-order valence-electron chi connectivity index (χ3n) is 3.98. The van der Waals surface area contributed by atoms with Crippen LogP contribution in [0.25, 0.3) is 0 Å². The molecule has 1 aromatic rings. The molecule has 0 aliphatic carbocycles. The van der Waals surface area contributed by atoms with Crippen molar-refractivity contribution in [3.05, 3.63) is 29.8 Å². The first-order chi connectivity index (χ1) is 11.7. The van der Waals surface area contributed by atoms with Gasteiger partial charge in [0.25, 0.3) is 0 Å². The van der Waals surface area contributed by atoms with E-state index in [0.717, 1.165) is 18.4 Å². The Labute approximate surface area is 144 Å². The number of amides is 2. The van der Waals surface area contributed by atoms with E-state index in [-0.39, 0.29) is 18.2 Å². The van der Waals surface area contributed by atoms with Crippen LogP contribution in [0.15, 0.2) is 18.2 Å². The van der Waals surface area contributed by atoms with Crippen LogP contribution < -0.4 is 10.6 Å². The first-order valence-corrected chi connectivity index (χ1v) is 9.51. The van der Waals surface area contributed by atoms with Gasteiger partial charge in [-0.3, -0.25) is 9.59 Å². The molecule has 7 nitrogen and oxygen atoms in total. The molecule has 25 heavy (non-hydrogen) atoms. The Hall–Kier alpha value is -2.07. The van der Waals surface area contributed by atoms with Gasteiger partial charge >= 0.3 is 11.8 Å². The van der Waals surface area contributed by atoms with Crippen LogP contribution in [0.1, 0.15) is 12.8 Å². The van der Waals surface area contributed by atoms with E-state index >= 15 is 0 Å². The summed E-state index contributed by atoms with van der Waals surface area (Å²) in [5.41, 5.74) is -0.289. The number of halogens is 2. The van der Waals surface area contributed by atoms with Crippen LogP contribution in [-0.4, -0.2) is 50.4 Å². The van der Waals surface area contributed by atoms with E-state index in [1.807, 2.05) is 0 Å². The summed E-state index contributed by atoms with van der Waals surface area (Å²) in [5, 5.41) is 4.51. The Kier molecular flexibility index (Phi) is 6.07. The molecule has 0 spiro atoms. The van der Waals surface area contributed by atoms with Gasteiger partial charge in [-0.2, -0.15) is 0 Å². The van der Waals surface area contributed by atoms with Crippen molar-refractivity contribution >= 4 is 27.5 Å². The minimum Gasteiger partial charge on any atom is -0.348 e. The molecule has 0 unspecified atom stereocenters. The van der Waals surface area contributed by atoms with E-state index < -0.39 is 33.5 Å². The molecule has 1 aliphatic heterocycles. The van der Waals surface area contributed by atoms with Gasteiger partial charge in [0.05, 0.1) is 11.9 Å². The van der Waals surface area contributed by atoms with Crippen molar-refractivity contribution in [3.8, 4) is 0 Å². The van der Waals surface area contributed by atoms with Gasteiger partial charge in [0.15, 0.2) is 0 Å². The second-order valence-electron chi connectivity index (χ2n) is 5.89. The predicted octanol–water partition coefficient (Wildman–Crippen LogP) is 0.691. The second kappa shape index (κ2) is 7.87. The first-order valence-electron chi connectivity index (χ1n) is 7.66. The first kappa shape index (κ1) is 19.3. The van der Waals surface area contributed by atoms with Crippen molar-refractivity contribution in [1.82, 2.24) is 9.62 Å². The van der Waals surface area contributed by atoms with E-state index in [9.17, 15) is 26.8 Å². The maximum absolute atomic E-state index is 13.4. The SMILES string of the molecule is CS(=O)(=O)N1CCC(CNC(=O)C(=O)Nc2ccc(F)cc2F)CC1. The minimum absolute atomic E-state index is 0.0531. The molecule has 2 rings (SSSR count). The number of piperidine rings is 1. The molecule has 138 valence electrons. The van der Waals surface area contributed by atoms with Gasteiger partial charge in [0.1, 0.15) is 11.6 Å². The van der Waals surface area contributed by atoms with Gasteiger partial charge < -0.3 is 10.6 Å². The summed E-state index contributed by atoms with van der Waals surface area (Å²) in [4.78, 5) is 23.5. The number of sulfonamides is 1. The fourth-order valence-corrected chi connectivity index (χ4v) is 3.41. The van der Waals surface area contributed by atoms with E-state index in [4.69, 9.17) is 0 Å². The van der Waals surface area contributed by atoms with Gasteiger partial charge in [-0.1, -0.05) is 0 Å². The lowest BCUT2D eigenvalue weighted by Crippen LogP contribution is -2.43. The third kappa shape index (κ3) is 5.46. The van der Waals surface area contributed by atoms with Crippen molar-refractivity contribution in [3.63, 3.8) is 0 Å². The quantitative estimate of drug-likeness (QED) is 0.757. The number of nitrogens with one attached hydrogen (secondary N) is 2. The number of benzene rings is 1. The van der Waals surface area contributed by atoms with Gasteiger partial charge in [-0.25, -0.2) is 21.5 Å². The molecule has 0 bridgehead atoms. The largest absolute Gasteiger partial charge is 0.348 e. The van der Waals surface area contributed by atoms with E-state index in [1.165, 1.54) is 4.31 Å². The zero-order chi connectivity index (χ0) is 18.6. The molecular formula is C15H19F2N3O4S. The van der Waals surface area contributed by atoms with E-state index in [2.05, 4.69) is 10.6 Å². The van der Waals surface area contributed by atoms with Gasteiger partial charge in [-0.15, -0.1) is 0 Å². The van der Waals surface area contributed by atoms with Gasteiger partial charge in [-0.05, 0) is 30.9 Å². The Morgan fingerprint density at radius 2 is 1.84 bits per heavy atom. The summed E-state index contributed by atoms with van der Waals surface area (Å²) < 4.78 is 50.5. The number of hydrogen-bond donors (Lipinski definition) is 2. The smallest absolute Gasteiger partial charge is 0.313 e. The topological polar surface area (TPSA) is 95.6 Å². The zero-order valence-corrected chi connectivity index (χ0v) is 14.4. The molecule has 2 amide bonds. The molecule has 1 aliphatic rings. The number of nitrogens with zero attached hydrogens (tertiary/aromatic N) is 1. The van der Waals surface area contributed by atoms with Crippen molar-refractivity contribution in [2.75, 3.05) is 31.2 Å². The summed E-state index contributed by atoms with van der Waals surface area (Å²) in [6, 6.07) is 2.59. The molecular weight excluding hydrogens is 356 g/mol. The highest BCUT2D eigenvalue weighted by molar-refractivity contribution is 7.88. The summed E-state index contributed by atoms with van der Waals surface area (Å²) in [7, 11) is -3.22. The molecule has 1 aromatic carbocycles. The molecule has 0 radical (unpaired) electrons. The van der Waals surface area contributed by atoms with Crippen LogP contribution in [-0.2, 0) is 19.6 Å². The van der Waals surface area contributed by atoms with Crippen molar-refractivity contribution < 1.29 is 26.8 Å². The maximum atomic E-state index is 13.4. The van der Waals surface area contributed by atoms with Crippen LogP contribution in [0.2, 0.25) is 0 Å². The summed E-state index contributed by atoms with van der Waals surface area (Å²) in [6.45, 7) is 0.953. The van der Waals surface area contributed by atoms with Crippen molar-refractivity contribution in [2.24, 2.45) is 5.92 Å². The number of anilines is 1. The second-order valence-corrected chi connectivity index (χ2v) is 7.88. The summed E-state index contributed by atoms with van der Waals surface area (Å²) in [5.74, 6) is -3.71. The highest BCUT2D eigenvalue weighted by Gasteiger charge is 2.25. The Morgan fingerprint density at radius 3 is 2.40 bits per heavy atom. The molecule has 1 heterocycles. The van der Waals surface area contributed by atoms with Crippen LogP contribution in [0.3, 0.4) is 0 Å². The van der Waals surface area contributed by atoms with E-state index in [0.29, 0.717) is 32.0 Å². The predicted molar refractivity (Wildman–Crippen MR) is 87.1 cm³/mol. The molecule has 1 saturated heterocycles. The lowest BCUT2D eigenvalue weighted by Gasteiger charge is -2.30. The van der Waals surface area contributed by atoms with Crippen LogP contribution in [0.4, 0.5) is 14.5 Å². The normalized spacial score (nSPS) is 16.4. The van der Waals surface area contributed by atoms with E-state index in [1.54, 1.807) is 0 Å². The Bertz CT molecular complexity index is 762. The maximum Gasteiger partial charge on any atom is 0.313 e. The standard InChI is InChI=1S/C15H19F2N3O4S/c1-25(23,24)20-6-4-10(5-7-20)9-18-14(21)15(22)19-13-3-2-11(16)8-12(13)17/h2-3,8,10H,4-7,9H2,1H3,(H,18,21)(H,19,22). The summed E-state index contributed by atoms with van der Waals surface area (Å²) in [6.07, 6.45) is 2.29. The molecule has 1 fully saturated rings. The van der Waals surface area contributed by atoms with Crippen LogP contribution in [0, 0.1) is 17.6 Å². The average Bonchev–Trinajstić information content (AvgIpc) is 2.54. The van der Waals surface area contributed by atoms with Gasteiger partial charge in [0, 0.05) is 25.7 Å². The number of rotatable bonds is 4. The Morgan fingerprint density at radius 1 is 1.20 bits per heavy atom. The van der Waals surface area contributed by atoms with Crippen molar-refractivity contribution in [1.29, 1.82) is 0 Å². The Balaban J connectivity index is 1.79. The van der Waals surface area contributed by atoms with Crippen molar-refractivity contribution in [2.45, 2.75) is 12.8 Å². The van der Waals surface area contributed by atoms with Crippen LogP contribution >= 0.6 is 0 Å². The lowest BCUT2D eigenvalue weighted by atomic mass is 9.98. The van der Waals surface area contributed by atoms with Crippen LogP contribution in [0.5, 0.6) is 0 Å².